The van der Waals surface area contributed by atoms with Crippen LogP contribution in [-0.4, -0.2) is 38.7 Å². The zero-order chi connectivity index (χ0) is 14.8. The van der Waals surface area contributed by atoms with Crippen molar-refractivity contribution < 1.29 is 4.42 Å². The van der Waals surface area contributed by atoms with Crippen molar-refractivity contribution >= 4 is 23.4 Å². The SMILES string of the molecule is C[C@@H]1SCCN(Cc2nnc(-c3ccccc3Cl)o2)[C@@H]1C. The fourth-order valence-electron chi connectivity index (χ4n) is 2.45. The van der Waals surface area contributed by atoms with E-state index < -0.39 is 0 Å². The highest BCUT2D eigenvalue weighted by molar-refractivity contribution is 8.00. The van der Waals surface area contributed by atoms with E-state index in [0.717, 1.165) is 17.9 Å². The molecule has 0 bridgehead atoms. The monoisotopic (exact) mass is 323 g/mol. The van der Waals surface area contributed by atoms with Crippen molar-refractivity contribution in [3.63, 3.8) is 0 Å². The van der Waals surface area contributed by atoms with Gasteiger partial charge in [-0.15, -0.1) is 10.2 Å². The van der Waals surface area contributed by atoms with E-state index in [0.29, 0.717) is 34.6 Å². The van der Waals surface area contributed by atoms with E-state index >= 15 is 0 Å². The smallest absolute Gasteiger partial charge is 0.249 e. The molecule has 112 valence electrons. The van der Waals surface area contributed by atoms with Crippen molar-refractivity contribution in [3.8, 4) is 11.5 Å². The summed E-state index contributed by atoms with van der Waals surface area (Å²) in [6.07, 6.45) is 0. The molecular weight excluding hydrogens is 306 g/mol. The van der Waals surface area contributed by atoms with Gasteiger partial charge in [-0.1, -0.05) is 30.7 Å². The van der Waals surface area contributed by atoms with E-state index in [1.807, 2.05) is 36.0 Å². The van der Waals surface area contributed by atoms with Crippen LogP contribution in [-0.2, 0) is 6.54 Å². The molecule has 6 heteroatoms. The maximum atomic E-state index is 6.16. The minimum atomic E-state index is 0.489. The fourth-order valence-corrected chi connectivity index (χ4v) is 3.83. The van der Waals surface area contributed by atoms with Crippen LogP contribution in [0.2, 0.25) is 5.02 Å². The first-order chi connectivity index (χ1) is 10.1. The third-order valence-electron chi connectivity index (χ3n) is 3.92. The van der Waals surface area contributed by atoms with Crippen LogP contribution in [0, 0.1) is 0 Å². The van der Waals surface area contributed by atoms with E-state index in [-0.39, 0.29) is 0 Å². The Balaban J connectivity index is 1.75. The average Bonchev–Trinajstić information content (AvgIpc) is 2.93. The van der Waals surface area contributed by atoms with Gasteiger partial charge in [0.1, 0.15) is 0 Å². The lowest BCUT2D eigenvalue weighted by molar-refractivity contribution is 0.186. The molecule has 2 aromatic rings. The zero-order valence-electron chi connectivity index (χ0n) is 12.1. The number of hydrogen-bond donors (Lipinski definition) is 0. The summed E-state index contributed by atoms with van der Waals surface area (Å²) >= 11 is 8.18. The number of nitrogens with zero attached hydrogens (tertiary/aromatic N) is 3. The first-order valence-electron chi connectivity index (χ1n) is 7.08. The van der Waals surface area contributed by atoms with Gasteiger partial charge in [-0.05, 0) is 19.1 Å². The molecule has 2 heterocycles. The molecule has 21 heavy (non-hydrogen) atoms. The second kappa shape index (κ2) is 6.38. The summed E-state index contributed by atoms with van der Waals surface area (Å²) < 4.78 is 5.78. The average molecular weight is 324 g/mol. The van der Waals surface area contributed by atoms with Gasteiger partial charge in [0.2, 0.25) is 11.8 Å². The van der Waals surface area contributed by atoms with Gasteiger partial charge < -0.3 is 4.42 Å². The summed E-state index contributed by atoms with van der Waals surface area (Å²) in [5, 5.41) is 9.55. The summed E-state index contributed by atoms with van der Waals surface area (Å²) in [4.78, 5) is 2.39. The molecular formula is C15H18ClN3OS. The highest BCUT2D eigenvalue weighted by Crippen LogP contribution is 2.28. The summed E-state index contributed by atoms with van der Waals surface area (Å²) in [5.74, 6) is 2.29. The summed E-state index contributed by atoms with van der Waals surface area (Å²) in [7, 11) is 0. The minimum Gasteiger partial charge on any atom is -0.419 e. The maximum Gasteiger partial charge on any atom is 0.249 e. The van der Waals surface area contributed by atoms with Crippen molar-refractivity contribution in [1.82, 2.24) is 15.1 Å². The number of rotatable bonds is 3. The van der Waals surface area contributed by atoms with Crippen molar-refractivity contribution in [3.05, 3.63) is 35.2 Å². The third-order valence-corrected chi connectivity index (χ3v) is 5.59. The van der Waals surface area contributed by atoms with Crippen LogP contribution in [0.3, 0.4) is 0 Å². The number of hydrogen-bond acceptors (Lipinski definition) is 5. The van der Waals surface area contributed by atoms with Crippen molar-refractivity contribution in [2.24, 2.45) is 0 Å². The predicted molar refractivity (Wildman–Crippen MR) is 86.5 cm³/mol. The molecule has 4 nitrogen and oxygen atoms in total. The van der Waals surface area contributed by atoms with Crippen LogP contribution in [0.5, 0.6) is 0 Å². The number of aromatic nitrogens is 2. The van der Waals surface area contributed by atoms with E-state index in [2.05, 4.69) is 28.9 Å². The van der Waals surface area contributed by atoms with Gasteiger partial charge in [0, 0.05) is 23.6 Å². The van der Waals surface area contributed by atoms with Crippen LogP contribution < -0.4 is 0 Å². The van der Waals surface area contributed by atoms with Gasteiger partial charge in [0.15, 0.2) is 0 Å². The molecule has 1 aromatic carbocycles. The molecule has 0 saturated carbocycles. The van der Waals surface area contributed by atoms with E-state index in [1.54, 1.807) is 0 Å². The molecule has 1 fully saturated rings. The van der Waals surface area contributed by atoms with E-state index in [4.69, 9.17) is 16.0 Å². The Kier molecular flexibility index (Phi) is 4.52. The molecule has 0 unspecified atom stereocenters. The number of benzene rings is 1. The second-order valence-electron chi connectivity index (χ2n) is 5.27. The zero-order valence-corrected chi connectivity index (χ0v) is 13.7. The molecule has 3 rings (SSSR count). The first kappa shape index (κ1) is 14.9. The maximum absolute atomic E-state index is 6.16. The van der Waals surface area contributed by atoms with Crippen molar-refractivity contribution in [2.45, 2.75) is 31.7 Å². The van der Waals surface area contributed by atoms with Crippen LogP contribution in [0.1, 0.15) is 19.7 Å². The lowest BCUT2D eigenvalue weighted by Crippen LogP contribution is -2.44. The second-order valence-corrected chi connectivity index (χ2v) is 7.16. The largest absolute Gasteiger partial charge is 0.419 e. The predicted octanol–water partition coefficient (Wildman–Crippen LogP) is 3.72. The normalized spacial score (nSPS) is 23.4. The number of halogens is 1. The lowest BCUT2D eigenvalue weighted by atomic mass is 10.2. The van der Waals surface area contributed by atoms with Crippen LogP contribution >= 0.6 is 23.4 Å². The van der Waals surface area contributed by atoms with Crippen molar-refractivity contribution in [1.29, 1.82) is 0 Å². The molecule has 1 aromatic heterocycles. The first-order valence-corrected chi connectivity index (χ1v) is 8.51. The summed E-state index contributed by atoms with van der Waals surface area (Å²) in [6, 6.07) is 8.03. The highest BCUT2D eigenvalue weighted by atomic mass is 35.5. The van der Waals surface area contributed by atoms with Crippen LogP contribution in [0.15, 0.2) is 28.7 Å². The Hall–Kier alpha value is -1.04. The Morgan fingerprint density at radius 2 is 2.14 bits per heavy atom. The molecule has 0 spiro atoms. The molecule has 1 aliphatic rings. The Bertz CT molecular complexity index is 618. The summed E-state index contributed by atoms with van der Waals surface area (Å²) in [6.45, 7) is 6.27. The van der Waals surface area contributed by atoms with Crippen LogP contribution in [0.4, 0.5) is 0 Å². The Morgan fingerprint density at radius 3 is 2.95 bits per heavy atom. The number of thioether (sulfide) groups is 1. The third kappa shape index (κ3) is 3.25. The van der Waals surface area contributed by atoms with Gasteiger partial charge in [-0.25, -0.2) is 0 Å². The molecule has 0 aliphatic carbocycles. The van der Waals surface area contributed by atoms with E-state index in [9.17, 15) is 0 Å². The molecule has 0 amide bonds. The van der Waals surface area contributed by atoms with Crippen LogP contribution in [0.25, 0.3) is 11.5 Å². The highest BCUT2D eigenvalue weighted by Gasteiger charge is 2.26. The standard InChI is InChI=1S/C15H18ClN3OS/c1-10-11(2)21-8-7-19(10)9-14-17-18-15(20-14)12-5-3-4-6-13(12)16/h3-6,10-11H,7-9H2,1-2H3/t10-,11+/m1/s1. The quantitative estimate of drug-likeness (QED) is 0.861. The molecule has 1 saturated heterocycles. The molecule has 0 N–H and O–H groups in total. The summed E-state index contributed by atoms with van der Waals surface area (Å²) in [5.41, 5.74) is 0.786. The van der Waals surface area contributed by atoms with E-state index in [1.165, 1.54) is 0 Å². The fraction of sp³-hybridized carbons (Fsp3) is 0.467. The Labute approximate surface area is 133 Å². The van der Waals surface area contributed by atoms with Gasteiger partial charge in [0.25, 0.3) is 0 Å². The minimum absolute atomic E-state index is 0.489. The lowest BCUT2D eigenvalue weighted by Gasteiger charge is -2.36. The molecule has 0 radical (unpaired) electrons. The molecule has 1 aliphatic heterocycles. The van der Waals surface area contributed by atoms with Gasteiger partial charge in [-0.2, -0.15) is 11.8 Å². The molecule has 2 atom stereocenters. The Morgan fingerprint density at radius 1 is 1.33 bits per heavy atom. The van der Waals surface area contributed by atoms with Gasteiger partial charge in [-0.3, -0.25) is 4.90 Å². The van der Waals surface area contributed by atoms with Gasteiger partial charge in [0.05, 0.1) is 17.1 Å². The topological polar surface area (TPSA) is 42.2 Å². The van der Waals surface area contributed by atoms with Crippen molar-refractivity contribution in [2.75, 3.05) is 12.3 Å². The van der Waals surface area contributed by atoms with Gasteiger partial charge >= 0.3 is 0 Å².